The van der Waals surface area contributed by atoms with Gasteiger partial charge in [0, 0.05) is 0 Å². The summed E-state index contributed by atoms with van der Waals surface area (Å²) in [4.78, 5) is 0. The smallest absolute Gasteiger partial charge is 0.306 e. The third kappa shape index (κ3) is 6.52. The zero-order valence-corrected chi connectivity index (χ0v) is 8.45. The van der Waals surface area contributed by atoms with Gasteiger partial charge >= 0.3 is 7.68 Å². The van der Waals surface area contributed by atoms with Crippen LogP contribution in [0.5, 0.6) is 0 Å². The first-order valence-electron chi connectivity index (χ1n) is 3.70. The van der Waals surface area contributed by atoms with Crippen molar-refractivity contribution in [1.82, 2.24) is 0 Å². The average molecular weight is 182 g/mol. The molecule has 0 aliphatic heterocycles. The van der Waals surface area contributed by atoms with E-state index in [-0.39, 0.29) is 18.2 Å². The minimum atomic E-state index is -3.81. The van der Waals surface area contributed by atoms with Gasteiger partial charge in [-0.05, 0) is 12.3 Å². The summed E-state index contributed by atoms with van der Waals surface area (Å²) in [6, 6.07) is 0. The molecule has 1 atom stereocenters. The topological polar surface area (TPSA) is 26.3 Å². The lowest BCUT2D eigenvalue weighted by Crippen LogP contribution is -2.11. The molecule has 0 aliphatic rings. The molecule has 0 bridgehead atoms. The Kier molecular flexibility index (Phi) is 3.72. The summed E-state index contributed by atoms with van der Waals surface area (Å²) in [5, 5.41) is 0. The van der Waals surface area contributed by atoms with E-state index in [2.05, 4.69) is 4.52 Å². The van der Waals surface area contributed by atoms with Crippen LogP contribution < -0.4 is 0 Å². The van der Waals surface area contributed by atoms with Gasteiger partial charge in [0.15, 0.2) is 0 Å². The Morgan fingerprint density at radius 2 is 1.91 bits per heavy atom. The SMILES string of the molecule is CCOP(=O)(F)CC(C)(C)C. The molecule has 0 aromatic carbocycles. The van der Waals surface area contributed by atoms with Gasteiger partial charge < -0.3 is 4.52 Å². The Morgan fingerprint density at radius 3 is 2.18 bits per heavy atom. The van der Waals surface area contributed by atoms with E-state index in [4.69, 9.17) is 0 Å². The predicted molar refractivity (Wildman–Crippen MR) is 44.7 cm³/mol. The molecule has 0 heterocycles. The van der Waals surface area contributed by atoms with Crippen LogP contribution in [0.15, 0.2) is 0 Å². The molecule has 11 heavy (non-hydrogen) atoms. The van der Waals surface area contributed by atoms with Crippen molar-refractivity contribution in [2.45, 2.75) is 27.7 Å². The van der Waals surface area contributed by atoms with Gasteiger partial charge in [0.25, 0.3) is 0 Å². The lowest BCUT2D eigenvalue weighted by Gasteiger charge is -2.19. The van der Waals surface area contributed by atoms with Gasteiger partial charge in [-0.15, -0.1) is 0 Å². The van der Waals surface area contributed by atoms with Crippen LogP contribution in [0.3, 0.4) is 0 Å². The molecule has 0 saturated heterocycles. The van der Waals surface area contributed by atoms with Crippen LogP contribution in [-0.4, -0.2) is 12.8 Å². The van der Waals surface area contributed by atoms with Crippen LogP contribution in [0.25, 0.3) is 0 Å². The molecule has 0 aliphatic carbocycles. The van der Waals surface area contributed by atoms with Gasteiger partial charge in [-0.3, -0.25) is 4.57 Å². The summed E-state index contributed by atoms with van der Waals surface area (Å²) >= 11 is 0. The van der Waals surface area contributed by atoms with Gasteiger partial charge in [-0.1, -0.05) is 20.8 Å². The molecule has 0 amide bonds. The fraction of sp³-hybridized carbons (Fsp3) is 1.00. The van der Waals surface area contributed by atoms with Crippen LogP contribution in [0.2, 0.25) is 0 Å². The highest BCUT2D eigenvalue weighted by Crippen LogP contribution is 2.52. The van der Waals surface area contributed by atoms with Crippen molar-refractivity contribution < 1.29 is 13.3 Å². The van der Waals surface area contributed by atoms with E-state index in [0.29, 0.717) is 0 Å². The standard InChI is InChI=1S/C7H16FO2P/c1-5-10-11(8,9)6-7(2,3)4/h5-6H2,1-4H3. The molecule has 0 aromatic heterocycles. The minimum absolute atomic E-state index is 0.00611. The van der Waals surface area contributed by atoms with Gasteiger partial charge in [0.2, 0.25) is 0 Å². The molecule has 1 unspecified atom stereocenters. The summed E-state index contributed by atoms with van der Waals surface area (Å²) in [7, 11) is -3.81. The van der Waals surface area contributed by atoms with Gasteiger partial charge in [0.1, 0.15) is 0 Å². The number of hydrogen-bond acceptors (Lipinski definition) is 2. The molecule has 2 nitrogen and oxygen atoms in total. The Balaban J connectivity index is 4.03. The third-order valence-electron chi connectivity index (χ3n) is 0.985. The van der Waals surface area contributed by atoms with E-state index >= 15 is 0 Å². The van der Waals surface area contributed by atoms with E-state index in [9.17, 15) is 8.76 Å². The van der Waals surface area contributed by atoms with Crippen LogP contribution in [0.1, 0.15) is 27.7 Å². The van der Waals surface area contributed by atoms with Crippen LogP contribution in [-0.2, 0) is 9.09 Å². The second kappa shape index (κ2) is 3.68. The van der Waals surface area contributed by atoms with Crippen molar-refractivity contribution in [3.63, 3.8) is 0 Å². The maximum absolute atomic E-state index is 12.9. The van der Waals surface area contributed by atoms with Gasteiger partial charge in [-0.25, -0.2) is 0 Å². The molecule has 0 N–H and O–H groups in total. The maximum Gasteiger partial charge on any atom is 0.368 e. The Hall–Kier alpha value is 0.120. The molecule has 0 spiro atoms. The molecule has 0 fully saturated rings. The highest BCUT2D eigenvalue weighted by atomic mass is 31.2. The maximum atomic E-state index is 12.9. The highest BCUT2D eigenvalue weighted by Gasteiger charge is 2.28. The van der Waals surface area contributed by atoms with Crippen LogP contribution >= 0.6 is 7.68 Å². The molecular formula is C7H16FO2P. The monoisotopic (exact) mass is 182 g/mol. The van der Waals surface area contributed by atoms with E-state index in [1.165, 1.54) is 0 Å². The van der Waals surface area contributed by atoms with Crippen molar-refractivity contribution >= 4 is 7.68 Å². The molecule has 0 aromatic rings. The first kappa shape index (κ1) is 11.1. The summed E-state index contributed by atoms with van der Waals surface area (Å²) in [5.41, 5.74) is -0.278. The first-order valence-corrected chi connectivity index (χ1v) is 5.40. The third-order valence-corrected chi connectivity index (χ3v) is 2.96. The minimum Gasteiger partial charge on any atom is -0.306 e. The van der Waals surface area contributed by atoms with Crippen molar-refractivity contribution in [3.05, 3.63) is 0 Å². The Morgan fingerprint density at radius 1 is 1.45 bits per heavy atom. The molecule has 0 rings (SSSR count). The Bertz CT molecular complexity index is 162. The first-order chi connectivity index (χ1) is 4.77. The quantitative estimate of drug-likeness (QED) is 0.626. The van der Waals surface area contributed by atoms with Crippen LogP contribution in [0.4, 0.5) is 4.20 Å². The average Bonchev–Trinajstić information content (AvgIpc) is 1.55. The van der Waals surface area contributed by atoms with Crippen molar-refractivity contribution in [3.8, 4) is 0 Å². The summed E-state index contributed by atoms with van der Waals surface area (Å²) in [6.07, 6.45) is -0.00611. The normalized spacial score (nSPS) is 17.9. The Labute approximate surface area is 67.7 Å². The molecule has 0 saturated carbocycles. The number of halogens is 1. The van der Waals surface area contributed by atoms with Crippen molar-refractivity contribution in [1.29, 1.82) is 0 Å². The van der Waals surface area contributed by atoms with E-state index in [1.807, 2.05) is 20.8 Å². The van der Waals surface area contributed by atoms with Gasteiger partial charge in [0.05, 0.1) is 12.8 Å². The zero-order valence-electron chi connectivity index (χ0n) is 7.56. The second-order valence-electron chi connectivity index (χ2n) is 3.73. The molecule has 0 radical (unpaired) electrons. The van der Waals surface area contributed by atoms with E-state index in [0.717, 1.165) is 0 Å². The highest BCUT2D eigenvalue weighted by molar-refractivity contribution is 7.53. The van der Waals surface area contributed by atoms with Gasteiger partial charge in [-0.2, -0.15) is 4.20 Å². The van der Waals surface area contributed by atoms with Crippen LogP contribution in [0, 0.1) is 5.41 Å². The number of rotatable bonds is 3. The fourth-order valence-corrected chi connectivity index (χ4v) is 2.42. The lowest BCUT2D eigenvalue weighted by molar-refractivity contribution is 0.290. The largest absolute Gasteiger partial charge is 0.368 e. The zero-order chi connectivity index (χ0) is 9.12. The fourth-order valence-electron chi connectivity index (χ4n) is 0.805. The second-order valence-corrected chi connectivity index (χ2v) is 5.48. The predicted octanol–water partition coefficient (Wildman–Crippen LogP) is 3.23. The summed E-state index contributed by atoms with van der Waals surface area (Å²) in [6.45, 7) is 7.30. The summed E-state index contributed by atoms with van der Waals surface area (Å²) in [5.74, 6) is 0. The van der Waals surface area contributed by atoms with Crippen molar-refractivity contribution in [2.24, 2.45) is 5.41 Å². The lowest BCUT2D eigenvalue weighted by atomic mass is 10.0. The van der Waals surface area contributed by atoms with E-state index in [1.54, 1.807) is 6.92 Å². The van der Waals surface area contributed by atoms with E-state index < -0.39 is 7.68 Å². The summed E-state index contributed by atoms with van der Waals surface area (Å²) < 4.78 is 28.4. The molecule has 4 heteroatoms. The number of hydrogen-bond donors (Lipinski definition) is 0. The molecular weight excluding hydrogens is 166 g/mol. The molecule has 68 valence electrons. The van der Waals surface area contributed by atoms with Crippen molar-refractivity contribution in [2.75, 3.05) is 12.8 Å².